The Morgan fingerprint density at radius 1 is 1.05 bits per heavy atom. The fraction of sp³-hybridized carbons (Fsp3) is 0.368. The number of hydrogen-bond acceptors (Lipinski definition) is 2. The summed E-state index contributed by atoms with van der Waals surface area (Å²) in [6, 6.07) is 16.9. The number of nitrogens with zero attached hydrogens (tertiary/aromatic N) is 1. The Morgan fingerprint density at radius 3 is 2.45 bits per heavy atom. The smallest absolute Gasteiger partial charge is 0.119 e. The zero-order chi connectivity index (χ0) is 15.8. The normalized spacial score (nSPS) is 10.5. The van der Waals surface area contributed by atoms with Gasteiger partial charge in [0.2, 0.25) is 0 Å². The molecule has 2 nitrogen and oxygen atoms in total. The molecule has 0 atom stereocenters. The lowest BCUT2D eigenvalue weighted by Gasteiger charge is -2.25. The Balaban J connectivity index is 2.13. The van der Waals surface area contributed by atoms with Crippen LogP contribution < -0.4 is 9.64 Å². The van der Waals surface area contributed by atoms with Crippen LogP contribution in [0.1, 0.15) is 31.7 Å². The van der Waals surface area contributed by atoms with Gasteiger partial charge in [-0.1, -0.05) is 47.8 Å². The number of hydrogen-bond donors (Lipinski definition) is 0. The number of anilines is 1. The third kappa shape index (κ3) is 5.06. The highest BCUT2D eigenvalue weighted by molar-refractivity contribution is 9.10. The molecule has 0 unspecified atom stereocenters. The van der Waals surface area contributed by atoms with Crippen molar-refractivity contribution in [2.24, 2.45) is 0 Å². The Labute approximate surface area is 142 Å². The molecule has 22 heavy (non-hydrogen) atoms. The summed E-state index contributed by atoms with van der Waals surface area (Å²) in [7, 11) is 1.70. The molecule has 0 radical (unpaired) electrons. The molecule has 0 saturated heterocycles. The van der Waals surface area contributed by atoms with Crippen LogP contribution in [0.3, 0.4) is 0 Å². The molecule has 118 valence electrons. The maximum atomic E-state index is 5.26. The highest BCUT2D eigenvalue weighted by Gasteiger charge is 2.08. The molecular weight excluding hydrogens is 338 g/mol. The summed E-state index contributed by atoms with van der Waals surface area (Å²) in [5, 5.41) is 0. The fourth-order valence-electron chi connectivity index (χ4n) is 2.50. The van der Waals surface area contributed by atoms with Crippen LogP contribution in [-0.4, -0.2) is 13.7 Å². The average Bonchev–Trinajstić information content (AvgIpc) is 2.54. The Bertz CT molecular complexity index is 568. The first-order valence-corrected chi connectivity index (χ1v) is 8.65. The first-order chi connectivity index (χ1) is 10.7. The molecule has 2 rings (SSSR count). The summed E-state index contributed by atoms with van der Waals surface area (Å²) < 4.78 is 6.39. The molecule has 0 aliphatic heterocycles. The van der Waals surface area contributed by atoms with Gasteiger partial charge < -0.3 is 9.64 Å². The van der Waals surface area contributed by atoms with E-state index < -0.39 is 0 Å². The van der Waals surface area contributed by atoms with Crippen molar-refractivity contribution in [2.45, 2.75) is 32.7 Å². The lowest BCUT2D eigenvalue weighted by molar-refractivity contribution is 0.415. The van der Waals surface area contributed by atoms with Crippen LogP contribution >= 0.6 is 15.9 Å². The molecule has 0 aliphatic carbocycles. The molecule has 0 N–H and O–H groups in total. The van der Waals surface area contributed by atoms with Crippen LogP contribution in [0, 0.1) is 0 Å². The SMILES string of the molecule is CCCCCN(Cc1cccc(Br)c1)c1ccc(OC)cc1. The van der Waals surface area contributed by atoms with Gasteiger partial charge in [0, 0.05) is 23.2 Å². The van der Waals surface area contributed by atoms with Gasteiger partial charge in [0.15, 0.2) is 0 Å². The predicted octanol–water partition coefficient (Wildman–Crippen LogP) is 5.65. The number of rotatable bonds is 8. The van der Waals surface area contributed by atoms with Crippen LogP contribution in [-0.2, 0) is 6.54 Å². The van der Waals surface area contributed by atoms with Crippen molar-refractivity contribution < 1.29 is 4.74 Å². The fourth-order valence-corrected chi connectivity index (χ4v) is 2.95. The molecule has 3 heteroatoms. The highest BCUT2D eigenvalue weighted by Crippen LogP contribution is 2.23. The van der Waals surface area contributed by atoms with Gasteiger partial charge in [-0.15, -0.1) is 0 Å². The summed E-state index contributed by atoms with van der Waals surface area (Å²) in [6.07, 6.45) is 3.73. The summed E-state index contributed by atoms with van der Waals surface area (Å²) in [4.78, 5) is 2.44. The van der Waals surface area contributed by atoms with E-state index in [1.807, 2.05) is 12.1 Å². The Morgan fingerprint density at radius 2 is 1.82 bits per heavy atom. The van der Waals surface area contributed by atoms with Gasteiger partial charge in [0.25, 0.3) is 0 Å². The van der Waals surface area contributed by atoms with Gasteiger partial charge in [0.05, 0.1) is 7.11 Å². The maximum absolute atomic E-state index is 5.26. The van der Waals surface area contributed by atoms with Gasteiger partial charge in [-0.05, 0) is 48.4 Å². The van der Waals surface area contributed by atoms with Gasteiger partial charge in [-0.3, -0.25) is 0 Å². The van der Waals surface area contributed by atoms with E-state index in [1.54, 1.807) is 7.11 Å². The van der Waals surface area contributed by atoms with Crippen molar-refractivity contribution in [3.05, 3.63) is 58.6 Å². The minimum Gasteiger partial charge on any atom is -0.497 e. The predicted molar refractivity (Wildman–Crippen MR) is 97.7 cm³/mol. The summed E-state index contributed by atoms with van der Waals surface area (Å²) in [5.41, 5.74) is 2.57. The maximum Gasteiger partial charge on any atom is 0.119 e. The molecule has 2 aromatic carbocycles. The van der Waals surface area contributed by atoms with E-state index >= 15 is 0 Å². The van der Waals surface area contributed by atoms with Crippen LogP contribution in [0.15, 0.2) is 53.0 Å². The monoisotopic (exact) mass is 361 g/mol. The van der Waals surface area contributed by atoms with Gasteiger partial charge in [-0.2, -0.15) is 0 Å². The standard InChI is InChI=1S/C19H24BrNO/c1-3-4-5-13-21(15-16-7-6-8-17(20)14-16)18-9-11-19(22-2)12-10-18/h6-12,14H,3-5,13,15H2,1-2H3. The van der Waals surface area contributed by atoms with Crippen molar-refractivity contribution in [1.29, 1.82) is 0 Å². The topological polar surface area (TPSA) is 12.5 Å². The zero-order valence-corrected chi connectivity index (χ0v) is 15.0. The lowest BCUT2D eigenvalue weighted by Crippen LogP contribution is -2.23. The molecule has 0 aliphatic rings. The Hall–Kier alpha value is -1.48. The van der Waals surface area contributed by atoms with E-state index in [4.69, 9.17) is 4.74 Å². The molecule has 0 fully saturated rings. The minimum atomic E-state index is 0.903. The third-order valence-electron chi connectivity index (χ3n) is 3.73. The van der Waals surface area contributed by atoms with Crippen molar-refractivity contribution in [2.75, 3.05) is 18.6 Å². The average molecular weight is 362 g/mol. The second kappa shape index (κ2) is 8.84. The Kier molecular flexibility index (Phi) is 6.78. The second-order valence-electron chi connectivity index (χ2n) is 5.46. The molecule has 0 amide bonds. The van der Waals surface area contributed by atoms with Crippen molar-refractivity contribution >= 4 is 21.6 Å². The molecular formula is C19H24BrNO. The van der Waals surface area contributed by atoms with E-state index in [-0.39, 0.29) is 0 Å². The van der Waals surface area contributed by atoms with Gasteiger partial charge in [0.1, 0.15) is 5.75 Å². The first-order valence-electron chi connectivity index (χ1n) is 7.86. The third-order valence-corrected chi connectivity index (χ3v) is 4.22. The quantitative estimate of drug-likeness (QED) is 0.562. The molecule has 0 spiro atoms. The van der Waals surface area contributed by atoms with Crippen molar-refractivity contribution in [3.8, 4) is 5.75 Å². The van der Waals surface area contributed by atoms with Gasteiger partial charge >= 0.3 is 0 Å². The summed E-state index contributed by atoms with van der Waals surface area (Å²) >= 11 is 3.56. The minimum absolute atomic E-state index is 0.903. The second-order valence-corrected chi connectivity index (χ2v) is 6.37. The van der Waals surface area contributed by atoms with Crippen molar-refractivity contribution in [3.63, 3.8) is 0 Å². The largest absolute Gasteiger partial charge is 0.497 e. The van der Waals surface area contributed by atoms with Crippen LogP contribution in [0.5, 0.6) is 5.75 Å². The molecule has 0 heterocycles. The van der Waals surface area contributed by atoms with Crippen LogP contribution in [0.2, 0.25) is 0 Å². The van der Waals surface area contributed by atoms with E-state index in [0.29, 0.717) is 0 Å². The van der Waals surface area contributed by atoms with E-state index in [1.165, 1.54) is 30.5 Å². The summed E-state index contributed by atoms with van der Waals surface area (Å²) in [6.45, 7) is 4.24. The lowest BCUT2D eigenvalue weighted by atomic mass is 10.1. The van der Waals surface area contributed by atoms with Crippen LogP contribution in [0.4, 0.5) is 5.69 Å². The number of unbranched alkanes of at least 4 members (excludes halogenated alkanes) is 2. The number of methoxy groups -OCH3 is 1. The van der Waals surface area contributed by atoms with E-state index in [0.717, 1.165) is 23.3 Å². The number of benzene rings is 2. The first kappa shape index (κ1) is 16.9. The molecule has 0 saturated carbocycles. The zero-order valence-electron chi connectivity index (χ0n) is 13.4. The molecule has 0 aromatic heterocycles. The number of ether oxygens (including phenoxy) is 1. The summed E-state index contributed by atoms with van der Waals surface area (Å²) in [5.74, 6) is 0.903. The van der Waals surface area contributed by atoms with Gasteiger partial charge in [-0.25, -0.2) is 0 Å². The van der Waals surface area contributed by atoms with Crippen molar-refractivity contribution in [1.82, 2.24) is 0 Å². The molecule has 0 bridgehead atoms. The van der Waals surface area contributed by atoms with E-state index in [9.17, 15) is 0 Å². The highest BCUT2D eigenvalue weighted by atomic mass is 79.9. The molecule has 2 aromatic rings. The van der Waals surface area contributed by atoms with Crippen LogP contribution in [0.25, 0.3) is 0 Å². The van der Waals surface area contributed by atoms with E-state index in [2.05, 4.69) is 64.2 Å². The number of halogens is 1.